The molecule has 0 aliphatic rings. The molecule has 0 spiro atoms. The Hall–Kier alpha value is -4.14. The Morgan fingerprint density at radius 3 is 2.56 bits per heavy atom. The molecule has 0 radical (unpaired) electrons. The summed E-state index contributed by atoms with van der Waals surface area (Å²) in [5.41, 5.74) is 3.23. The van der Waals surface area contributed by atoms with Gasteiger partial charge in [0.15, 0.2) is 5.78 Å². The van der Waals surface area contributed by atoms with E-state index in [1.807, 2.05) is 19.1 Å². The number of carbonyl (C=O) groups excluding carboxylic acids is 2. The summed E-state index contributed by atoms with van der Waals surface area (Å²) in [5.74, 6) is -0.704. The van der Waals surface area contributed by atoms with E-state index in [9.17, 15) is 22.8 Å². The van der Waals surface area contributed by atoms with Gasteiger partial charge in [-0.3, -0.25) is 9.59 Å². The number of halogens is 3. The lowest BCUT2D eigenvalue weighted by Gasteiger charge is -2.13. The van der Waals surface area contributed by atoms with Crippen molar-refractivity contribution in [2.24, 2.45) is 0 Å². The average molecular weight is 466 g/mol. The molecule has 0 atom stereocenters. The predicted octanol–water partition coefficient (Wildman–Crippen LogP) is 5.96. The van der Waals surface area contributed by atoms with Gasteiger partial charge in [-0.15, -0.1) is 0 Å². The number of aromatic nitrogens is 2. The number of pyridine rings is 1. The molecule has 174 valence electrons. The number of ketones is 1. The quantitative estimate of drug-likeness (QED) is 0.306. The number of rotatable bonds is 6. The topological polar surface area (TPSA) is 86.9 Å². The maximum Gasteiger partial charge on any atom is 0.416 e. The monoisotopic (exact) mass is 466 g/mol. The second kappa shape index (κ2) is 9.01. The number of Topliss-reactive ketones (excluding diaryl/α,β-unsaturated/α-hetero) is 1. The normalized spacial score (nSPS) is 11.4. The molecular weight excluding hydrogens is 445 g/mol. The smallest absolute Gasteiger partial charge is 0.380 e. The van der Waals surface area contributed by atoms with Gasteiger partial charge in [-0.1, -0.05) is 12.1 Å². The van der Waals surface area contributed by atoms with Gasteiger partial charge >= 0.3 is 6.18 Å². The van der Waals surface area contributed by atoms with E-state index in [1.54, 1.807) is 24.4 Å². The van der Waals surface area contributed by atoms with Crippen LogP contribution in [-0.2, 0) is 12.7 Å². The minimum absolute atomic E-state index is 0.0767. The van der Waals surface area contributed by atoms with Gasteiger partial charge in [0.25, 0.3) is 5.91 Å². The molecule has 0 bridgehead atoms. The Morgan fingerprint density at radius 2 is 1.82 bits per heavy atom. The molecule has 1 amide bonds. The van der Waals surface area contributed by atoms with E-state index < -0.39 is 17.6 Å². The highest BCUT2D eigenvalue weighted by Gasteiger charge is 2.30. The van der Waals surface area contributed by atoms with Gasteiger partial charge in [0, 0.05) is 30.1 Å². The standard InChI is InChI=1S/C25H21F3N4O2/c1-14-6-7-20(31-24(34)16-4-3-5-19(8-16)25(26,27)28)10-18(14)12-29-21-9-17-11-22(15(2)33)32-23(17)30-13-21/h3-11,13,29H,12H2,1-2H3,(H,30,32)(H,31,34). The molecule has 6 nitrogen and oxygen atoms in total. The van der Waals surface area contributed by atoms with E-state index in [2.05, 4.69) is 20.6 Å². The maximum absolute atomic E-state index is 12.9. The van der Waals surface area contributed by atoms with Crippen LogP contribution in [0.2, 0.25) is 0 Å². The third-order valence-corrected chi connectivity index (χ3v) is 5.39. The largest absolute Gasteiger partial charge is 0.416 e. The molecule has 2 aromatic heterocycles. The Bertz CT molecular complexity index is 1390. The Morgan fingerprint density at radius 1 is 1.03 bits per heavy atom. The van der Waals surface area contributed by atoms with Crippen LogP contribution in [0.15, 0.2) is 60.8 Å². The summed E-state index contributed by atoms with van der Waals surface area (Å²) >= 11 is 0. The first kappa shape index (κ1) is 23.0. The molecule has 4 aromatic rings. The van der Waals surface area contributed by atoms with E-state index in [0.717, 1.165) is 34.3 Å². The number of hydrogen-bond acceptors (Lipinski definition) is 4. The molecule has 9 heteroatoms. The van der Waals surface area contributed by atoms with Crippen LogP contribution in [0.1, 0.15) is 44.5 Å². The number of anilines is 2. The Balaban J connectivity index is 1.47. The lowest BCUT2D eigenvalue weighted by molar-refractivity contribution is -0.137. The van der Waals surface area contributed by atoms with Crippen molar-refractivity contribution in [2.75, 3.05) is 10.6 Å². The lowest BCUT2D eigenvalue weighted by Crippen LogP contribution is -2.14. The van der Waals surface area contributed by atoms with Gasteiger partial charge in [0.1, 0.15) is 5.65 Å². The lowest BCUT2D eigenvalue weighted by atomic mass is 10.1. The van der Waals surface area contributed by atoms with E-state index in [1.165, 1.54) is 19.1 Å². The van der Waals surface area contributed by atoms with Gasteiger partial charge < -0.3 is 15.6 Å². The minimum atomic E-state index is -4.52. The fraction of sp³-hybridized carbons (Fsp3) is 0.160. The van der Waals surface area contributed by atoms with Crippen LogP contribution in [0, 0.1) is 6.92 Å². The Labute approximate surface area is 193 Å². The number of alkyl halides is 3. The number of amides is 1. The number of benzene rings is 2. The van der Waals surface area contributed by atoms with Crippen molar-refractivity contribution in [2.45, 2.75) is 26.6 Å². The van der Waals surface area contributed by atoms with Crippen LogP contribution in [0.5, 0.6) is 0 Å². The van der Waals surface area contributed by atoms with Gasteiger partial charge in [0.05, 0.1) is 23.1 Å². The zero-order valence-corrected chi connectivity index (χ0v) is 18.4. The number of aromatic amines is 1. The molecule has 3 N–H and O–H groups in total. The summed E-state index contributed by atoms with van der Waals surface area (Å²) in [6, 6.07) is 13.2. The third-order valence-electron chi connectivity index (χ3n) is 5.39. The fourth-order valence-corrected chi connectivity index (χ4v) is 3.48. The van der Waals surface area contributed by atoms with E-state index in [4.69, 9.17) is 0 Å². The second-order valence-electron chi connectivity index (χ2n) is 7.93. The molecule has 0 fully saturated rings. The highest BCUT2D eigenvalue weighted by atomic mass is 19.4. The summed E-state index contributed by atoms with van der Waals surface area (Å²) in [6.07, 6.45) is -2.87. The van der Waals surface area contributed by atoms with Crippen LogP contribution in [0.25, 0.3) is 11.0 Å². The number of nitrogens with zero attached hydrogens (tertiary/aromatic N) is 1. The molecule has 2 aromatic carbocycles. The molecule has 0 unspecified atom stereocenters. The summed E-state index contributed by atoms with van der Waals surface area (Å²) in [5, 5.41) is 6.73. The number of carbonyl (C=O) groups is 2. The molecule has 0 saturated carbocycles. The van der Waals surface area contributed by atoms with Crippen molar-refractivity contribution in [3.8, 4) is 0 Å². The first-order chi connectivity index (χ1) is 16.1. The molecule has 4 rings (SSSR count). The first-order valence-corrected chi connectivity index (χ1v) is 10.4. The van der Waals surface area contributed by atoms with E-state index in [0.29, 0.717) is 23.6 Å². The predicted molar refractivity (Wildman–Crippen MR) is 124 cm³/mol. The van der Waals surface area contributed by atoms with Gasteiger partial charge in [-0.2, -0.15) is 13.2 Å². The molecule has 2 heterocycles. The van der Waals surface area contributed by atoms with Crippen molar-refractivity contribution in [1.82, 2.24) is 9.97 Å². The van der Waals surface area contributed by atoms with Gasteiger partial charge in [0.2, 0.25) is 0 Å². The van der Waals surface area contributed by atoms with Crippen molar-refractivity contribution >= 4 is 34.1 Å². The van der Waals surface area contributed by atoms with Gasteiger partial charge in [-0.25, -0.2) is 4.98 Å². The van der Waals surface area contributed by atoms with Gasteiger partial charge in [-0.05, 0) is 60.5 Å². The SMILES string of the molecule is CC(=O)c1cc2cc(NCc3cc(NC(=O)c4cccc(C(F)(F)F)c4)ccc3C)cnc2[nH]1. The van der Waals surface area contributed by atoms with Crippen LogP contribution >= 0.6 is 0 Å². The average Bonchev–Trinajstić information content (AvgIpc) is 3.23. The molecule has 0 saturated heterocycles. The number of hydrogen-bond donors (Lipinski definition) is 3. The van der Waals surface area contributed by atoms with Crippen molar-refractivity contribution in [1.29, 1.82) is 0 Å². The number of nitrogens with one attached hydrogen (secondary N) is 3. The summed E-state index contributed by atoms with van der Waals surface area (Å²) in [7, 11) is 0. The Kier molecular flexibility index (Phi) is 6.10. The van der Waals surface area contributed by atoms with E-state index in [-0.39, 0.29) is 11.3 Å². The fourth-order valence-electron chi connectivity index (χ4n) is 3.48. The van der Waals surface area contributed by atoms with Crippen LogP contribution in [0.4, 0.5) is 24.5 Å². The molecule has 0 aliphatic carbocycles. The number of aryl methyl sites for hydroxylation is 1. The maximum atomic E-state index is 12.9. The zero-order chi connectivity index (χ0) is 24.5. The van der Waals surface area contributed by atoms with Crippen LogP contribution in [0.3, 0.4) is 0 Å². The minimum Gasteiger partial charge on any atom is -0.380 e. The highest BCUT2D eigenvalue weighted by Crippen LogP contribution is 2.30. The summed E-state index contributed by atoms with van der Waals surface area (Å²) in [6.45, 7) is 3.82. The summed E-state index contributed by atoms with van der Waals surface area (Å²) in [4.78, 5) is 31.4. The number of H-pyrrole nitrogens is 1. The highest BCUT2D eigenvalue weighted by molar-refractivity contribution is 6.04. The first-order valence-electron chi connectivity index (χ1n) is 10.4. The van der Waals surface area contributed by atoms with Crippen LogP contribution < -0.4 is 10.6 Å². The van der Waals surface area contributed by atoms with E-state index >= 15 is 0 Å². The van der Waals surface area contributed by atoms with Crippen molar-refractivity contribution in [3.05, 3.63) is 88.7 Å². The van der Waals surface area contributed by atoms with Crippen molar-refractivity contribution < 1.29 is 22.8 Å². The molecular formula is C25H21F3N4O2. The number of fused-ring (bicyclic) bond motifs is 1. The summed E-state index contributed by atoms with van der Waals surface area (Å²) < 4.78 is 38.8. The van der Waals surface area contributed by atoms with Crippen molar-refractivity contribution in [3.63, 3.8) is 0 Å². The second-order valence-corrected chi connectivity index (χ2v) is 7.93. The van der Waals surface area contributed by atoms with Crippen LogP contribution in [-0.4, -0.2) is 21.7 Å². The third kappa shape index (κ3) is 5.09. The zero-order valence-electron chi connectivity index (χ0n) is 18.4. The molecule has 34 heavy (non-hydrogen) atoms. The molecule has 0 aliphatic heterocycles.